The van der Waals surface area contributed by atoms with Gasteiger partial charge in [-0.15, -0.1) is 0 Å². The molecule has 0 aromatic heterocycles. The van der Waals surface area contributed by atoms with Crippen LogP contribution in [-0.2, 0) is 13.1 Å². The van der Waals surface area contributed by atoms with Crippen molar-refractivity contribution in [2.24, 2.45) is 17.8 Å². The van der Waals surface area contributed by atoms with Crippen molar-refractivity contribution in [3.8, 4) is 0 Å². The van der Waals surface area contributed by atoms with Crippen molar-refractivity contribution >= 4 is 5.91 Å². The Labute approximate surface area is 126 Å². The van der Waals surface area contributed by atoms with E-state index in [-0.39, 0.29) is 5.91 Å². The highest BCUT2D eigenvalue weighted by Gasteiger charge is 2.42. The van der Waals surface area contributed by atoms with Gasteiger partial charge in [0.15, 0.2) is 0 Å². The third-order valence-electron chi connectivity index (χ3n) is 5.89. The molecule has 0 saturated heterocycles. The van der Waals surface area contributed by atoms with Crippen molar-refractivity contribution < 1.29 is 4.79 Å². The van der Waals surface area contributed by atoms with Gasteiger partial charge in [-0.25, -0.2) is 0 Å². The second-order valence-electron chi connectivity index (χ2n) is 7.19. The van der Waals surface area contributed by atoms with Gasteiger partial charge in [0.25, 0.3) is 5.91 Å². The topological polar surface area (TPSA) is 41.1 Å². The molecule has 21 heavy (non-hydrogen) atoms. The summed E-state index contributed by atoms with van der Waals surface area (Å²) in [4.78, 5) is 12.5. The zero-order valence-corrected chi connectivity index (χ0v) is 12.7. The highest BCUT2D eigenvalue weighted by atomic mass is 16.1. The SMILES string of the molecule is CC(NC(=O)c1ccc2c(c1)CNC2)C1CC2CCC1C2. The molecule has 3 nitrogen and oxygen atoms in total. The van der Waals surface area contributed by atoms with Crippen LogP contribution in [0.3, 0.4) is 0 Å². The Morgan fingerprint density at radius 3 is 2.86 bits per heavy atom. The van der Waals surface area contributed by atoms with Gasteiger partial charge >= 0.3 is 0 Å². The van der Waals surface area contributed by atoms with E-state index in [0.717, 1.165) is 30.5 Å². The molecule has 112 valence electrons. The molecular formula is C18H24N2O. The van der Waals surface area contributed by atoms with E-state index in [0.29, 0.717) is 12.0 Å². The lowest BCUT2D eigenvalue weighted by Gasteiger charge is -2.28. The number of hydrogen-bond acceptors (Lipinski definition) is 2. The molecular weight excluding hydrogens is 260 g/mol. The van der Waals surface area contributed by atoms with Crippen LogP contribution in [0.2, 0.25) is 0 Å². The number of amides is 1. The maximum Gasteiger partial charge on any atom is 0.251 e. The normalized spacial score (nSPS) is 31.2. The first kappa shape index (κ1) is 13.3. The van der Waals surface area contributed by atoms with Gasteiger partial charge in [0.1, 0.15) is 0 Å². The van der Waals surface area contributed by atoms with Crippen LogP contribution in [0.15, 0.2) is 18.2 Å². The summed E-state index contributed by atoms with van der Waals surface area (Å²) in [7, 11) is 0. The maximum absolute atomic E-state index is 12.5. The molecule has 1 heterocycles. The molecule has 2 N–H and O–H groups in total. The van der Waals surface area contributed by atoms with E-state index < -0.39 is 0 Å². The van der Waals surface area contributed by atoms with E-state index in [2.05, 4.69) is 29.7 Å². The van der Waals surface area contributed by atoms with Crippen LogP contribution >= 0.6 is 0 Å². The van der Waals surface area contributed by atoms with Crippen molar-refractivity contribution in [1.82, 2.24) is 10.6 Å². The van der Waals surface area contributed by atoms with Gasteiger partial charge in [-0.1, -0.05) is 12.5 Å². The third kappa shape index (κ3) is 2.38. The lowest BCUT2D eigenvalue weighted by atomic mass is 9.84. The summed E-state index contributed by atoms with van der Waals surface area (Å²) in [5, 5.41) is 6.58. The minimum absolute atomic E-state index is 0.0972. The van der Waals surface area contributed by atoms with Gasteiger partial charge in [-0.05, 0) is 67.2 Å². The Kier molecular flexibility index (Phi) is 3.26. The molecule has 4 unspecified atom stereocenters. The van der Waals surface area contributed by atoms with Crippen LogP contribution in [0, 0.1) is 17.8 Å². The Morgan fingerprint density at radius 1 is 1.24 bits per heavy atom. The van der Waals surface area contributed by atoms with Crippen LogP contribution in [0.4, 0.5) is 0 Å². The smallest absolute Gasteiger partial charge is 0.251 e. The highest BCUT2D eigenvalue weighted by Crippen LogP contribution is 2.49. The molecule has 1 aromatic rings. The fraction of sp³-hybridized carbons (Fsp3) is 0.611. The third-order valence-corrected chi connectivity index (χ3v) is 5.89. The molecule has 1 amide bonds. The molecule has 4 atom stereocenters. The minimum atomic E-state index is 0.0972. The average Bonchev–Trinajstić information content (AvgIpc) is 3.21. The Morgan fingerprint density at radius 2 is 2.10 bits per heavy atom. The summed E-state index contributed by atoms with van der Waals surface area (Å²) >= 11 is 0. The molecule has 2 aliphatic carbocycles. The number of carbonyl (C=O) groups excluding carboxylic acids is 1. The van der Waals surface area contributed by atoms with Gasteiger partial charge in [0, 0.05) is 24.7 Å². The number of nitrogens with one attached hydrogen (secondary N) is 2. The number of hydrogen-bond donors (Lipinski definition) is 2. The van der Waals surface area contributed by atoms with Gasteiger partial charge < -0.3 is 10.6 Å². The zero-order chi connectivity index (χ0) is 14.4. The van der Waals surface area contributed by atoms with Crippen molar-refractivity contribution in [1.29, 1.82) is 0 Å². The van der Waals surface area contributed by atoms with E-state index in [4.69, 9.17) is 0 Å². The number of carbonyl (C=O) groups is 1. The van der Waals surface area contributed by atoms with E-state index in [1.54, 1.807) is 0 Å². The number of rotatable bonds is 3. The summed E-state index contributed by atoms with van der Waals surface area (Å²) in [6.45, 7) is 4.01. The fourth-order valence-corrected chi connectivity index (χ4v) is 4.74. The maximum atomic E-state index is 12.5. The first-order chi connectivity index (χ1) is 10.2. The Hall–Kier alpha value is -1.35. The average molecular weight is 284 g/mol. The summed E-state index contributed by atoms with van der Waals surface area (Å²) < 4.78 is 0. The Balaban J connectivity index is 1.43. The molecule has 3 aliphatic rings. The monoisotopic (exact) mass is 284 g/mol. The Bertz CT molecular complexity index is 568. The van der Waals surface area contributed by atoms with Crippen molar-refractivity contribution in [2.45, 2.75) is 51.7 Å². The van der Waals surface area contributed by atoms with E-state index in [9.17, 15) is 4.79 Å². The van der Waals surface area contributed by atoms with Gasteiger partial charge in [0.2, 0.25) is 0 Å². The van der Waals surface area contributed by atoms with Gasteiger partial charge in [-0.3, -0.25) is 4.79 Å². The van der Waals surface area contributed by atoms with Crippen LogP contribution < -0.4 is 10.6 Å². The molecule has 0 spiro atoms. The first-order valence-electron chi connectivity index (χ1n) is 8.34. The van der Waals surface area contributed by atoms with Crippen molar-refractivity contribution in [3.63, 3.8) is 0 Å². The number of benzene rings is 1. The number of fused-ring (bicyclic) bond motifs is 3. The van der Waals surface area contributed by atoms with E-state index in [1.165, 1.54) is 36.8 Å². The molecule has 2 fully saturated rings. The molecule has 3 heteroatoms. The first-order valence-corrected chi connectivity index (χ1v) is 8.34. The predicted molar refractivity (Wildman–Crippen MR) is 82.9 cm³/mol. The van der Waals surface area contributed by atoms with Crippen LogP contribution in [0.1, 0.15) is 54.1 Å². The summed E-state index contributed by atoms with van der Waals surface area (Å²) in [6.07, 6.45) is 5.51. The predicted octanol–water partition coefficient (Wildman–Crippen LogP) is 2.84. The fourth-order valence-electron chi connectivity index (χ4n) is 4.74. The van der Waals surface area contributed by atoms with Crippen LogP contribution in [-0.4, -0.2) is 11.9 Å². The molecule has 1 aliphatic heterocycles. The van der Waals surface area contributed by atoms with Crippen molar-refractivity contribution in [2.75, 3.05) is 0 Å². The largest absolute Gasteiger partial charge is 0.349 e. The standard InChI is InChI=1S/C18H24N2O/c1-11(17-7-12-2-3-13(17)6-12)20-18(21)14-4-5-15-9-19-10-16(15)8-14/h4-5,8,11-13,17,19H,2-3,6-7,9-10H2,1H3,(H,20,21). The highest BCUT2D eigenvalue weighted by molar-refractivity contribution is 5.94. The summed E-state index contributed by atoms with van der Waals surface area (Å²) in [5.74, 6) is 2.59. The lowest BCUT2D eigenvalue weighted by molar-refractivity contribution is 0.0915. The van der Waals surface area contributed by atoms with Crippen LogP contribution in [0.25, 0.3) is 0 Å². The second kappa shape index (κ2) is 5.13. The lowest BCUT2D eigenvalue weighted by Crippen LogP contribution is -2.40. The van der Waals surface area contributed by atoms with E-state index >= 15 is 0 Å². The van der Waals surface area contributed by atoms with Crippen molar-refractivity contribution in [3.05, 3.63) is 34.9 Å². The second-order valence-corrected chi connectivity index (χ2v) is 7.19. The molecule has 1 aromatic carbocycles. The van der Waals surface area contributed by atoms with Gasteiger partial charge in [0.05, 0.1) is 0 Å². The quantitative estimate of drug-likeness (QED) is 0.896. The van der Waals surface area contributed by atoms with Gasteiger partial charge in [-0.2, -0.15) is 0 Å². The zero-order valence-electron chi connectivity index (χ0n) is 12.7. The summed E-state index contributed by atoms with van der Waals surface area (Å²) in [6, 6.07) is 6.42. The molecule has 4 rings (SSSR count). The molecule has 2 saturated carbocycles. The molecule has 2 bridgehead atoms. The van der Waals surface area contributed by atoms with Crippen LogP contribution in [0.5, 0.6) is 0 Å². The minimum Gasteiger partial charge on any atom is -0.349 e. The summed E-state index contributed by atoms with van der Waals surface area (Å²) in [5.41, 5.74) is 3.41. The molecule has 0 radical (unpaired) electrons. The van der Waals surface area contributed by atoms with E-state index in [1.807, 2.05) is 6.07 Å².